The number of nitrogens with zero attached hydrogens (tertiary/aromatic N) is 1. The van der Waals surface area contributed by atoms with Crippen LogP contribution in [0, 0.1) is 0 Å². The van der Waals surface area contributed by atoms with E-state index in [-0.39, 0.29) is 0 Å². The molecule has 0 atom stereocenters. The predicted octanol–water partition coefficient (Wildman–Crippen LogP) is 1.73. The Morgan fingerprint density at radius 3 is 3.50 bits per heavy atom. The Morgan fingerprint density at radius 1 is 1.50 bits per heavy atom. The fraction of sp³-hybridized carbons (Fsp3) is 0.125. The highest BCUT2D eigenvalue weighted by Gasteiger charge is 2.16. The maximum absolute atomic E-state index is 4.30. The van der Waals surface area contributed by atoms with E-state index in [0.29, 0.717) is 0 Å². The quantitative estimate of drug-likeness (QED) is 0.643. The fourth-order valence-electron chi connectivity index (χ4n) is 1.45. The van der Waals surface area contributed by atoms with Crippen LogP contribution in [0.2, 0.25) is 0 Å². The average molecular weight is 177 g/mol. The van der Waals surface area contributed by atoms with Crippen molar-refractivity contribution in [2.75, 3.05) is 5.43 Å². The summed E-state index contributed by atoms with van der Waals surface area (Å²) >= 11 is 1.75. The molecule has 12 heavy (non-hydrogen) atoms. The van der Waals surface area contributed by atoms with E-state index in [1.54, 1.807) is 11.3 Å². The van der Waals surface area contributed by atoms with Crippen molar-refractivity contribution in [3.63, 3.8) is 0 Å². The van der Waals surface area contributed by atoms with Gasteiger partial charge in [-0.2, -0.15) is 0 Å². The van der Waals surface area contributed by atoms with Crippen molar-refractivity contribution in [2.45, 2.75) is 6.54 Å². The van der Waals surface area contributed by atoms with Crippen molar-refractivity contribution >= 4 is 27.2 Å². The first-order valence-electron chi connectivity index (χ1n) is 3.80. The van der Waals surface area contributed by atoms with Gasteiger partial charge in [-0.05, 0) is 12.1 Å². The molecule has 3 rings (SSSR count). The summed E-state index contributed by atoms with van der Waals surface area (Å²) in [6, 6.07) is 4.06. The third kappa shape index (κ3) is 0.707. The van der Waals surface area contributed by atoms with E-state index in [0.717, 1.165) is 11.4 Å². The molecule has 0 unspecified atom stereocenters. The second kappa shape index (κ2) is 2.18. The Hall–Kier alpha value is -1.13. The Kier molecular flexibility index (Phi) is 1.16. The molecule has 2 aromatic heterocycles. The van der Waals surface area contributed by atoms with Gasteiger partial charge in [-0.15, -0.1) is 11.3 Å². The summed E-state index contributed by atoms with van der Waals surface area (Å²) in [4.78, 5) is 6.77. The van der Waals surface area contributed by atoms with Gasteiger partial charge in [0.2, 0.25) is 0 Å². The van der Waals surface area contributed by atoms with Crippen LogP contribution in [0.25, 0.3) is 10.2 Å². The van der Waals surface area contributed by atoms with Crippen molar-refractivity contribution in [2.24, 2.45) is 0 Å². The van der Waals surface area contributed by atoms with Crippen molar-refractivity contribution in [1.82, 2.24) is 10.4 Å². The molecular weight excluding hydrogens is 170 g/mol. The fourth-order valence-corrected chi connectivity index (χ4v) is 2.49. The number of hydrogen-bond donors (Lipinski definition) is 2. The van der Waals surface area contributed by atoms with Crippen LogP contribution in [0.3, 0.4) is 0 Å². The molecule has 0 aromatic carbocycles. The van der Waals surface area contributed by atoms with Crippen LogP contribution in [-0.2, 0) is 6.54 Å². The number of thiophene rings is 1. The Labute approximate surface area is 73.4 Å². The number of hydrazine groups is 1. The molecule has 60 valence electrons. The molecule has 0 fully saturated rings. The summed E-state index contributed by atoms with van der Waals surface area (Å²) in [6.45, 7) is 0.913. The number of nitrogens with one attached hydrogen (secondary N) is 2. The van der Waals surface area contributed by atoms with Gasteiger partial charge in [0.05, 0.1) is 12.2 Å². The van der Waals surface area contributed by atoms with Gasteiger partial charge in [0.1, 0.15) is 4.83 Å². The molecule has 3 nitrogen and oxygen atoms in total. The van der Waals surface area contributed by atoms with E-state index in [1.165, 1.54) is 16.0 Å². The van der Waals surface area contributed by atoms with Crippen LogP contribution >= 0.6 is 11.3 Å². The molecule has 4 heteroatoms. The summed E-state index contributed by atoms with van der Waals surface area (Å²) < 4.78 is 0. The molecule has 0 spiro atoms. The molecule has 0 saturated heterocycles. The highest BCUT2D eigenvalue weighted by atomic mass is 32.1. The second-order valence-corrected chi connectivity index (χ2v) is 3.82. The minimum Gasteiger partial charge on any atom is -0.319 e. The smallest absolute Gasteiger partial charge is 0.125 e. The zero-order valence-corrected chi connectivity index (χ0v) is 7.11. The first-order chi connectivity index (χ1) is 5.95. The monoisotopic (exact) mass is 177 g/mol. The third-order valence-electron chi connectivity index (χ3n) is 2.00. The lowest BCUT2D eigenvalue weighted by molar-refractivity contribution is 0.868. The maximum atomic E-state index is 4.30. The summed E-state index contributed by atoms with van der Waals surface area (Å²) in [7, 11) is 0. The lowest BCUT2D eigenvalue weighted by Crippen LogP contribution is -2.11. The Morgan fingerprint density at radius 2 is 2.50 bits per heavy atom. The van der Waals surface area contributed by atoms with Crippen LogP contribution in [0.15, 0.2) is 18.3 Å². The highest BCUT2D eigenvalue weighted by Crippen LogP contribution is 2.36. The first-order valence-corrected chi connectivity index (χ1v) is 4.62. The van der Waals surface area contributed by atoms with E-state index in [9.17, 15) is 0 Å². The molecular formula is C8H7N3S. The zero-order chi connectivity index (χ0) is 7.97. The van der Waals surface area contributed by atoms with E-state index in [1.807, 2.05) is 12.3 Å². The van der Waals surface area contributed by atoms with E-state index in [4.69, 9.17) is 0 Å². The normalized spacial score (nSPS) is 14.7. The summed E-state index contributed by atoms with van der Waals surface area (Å²) in [6.07, 6.45) is 1.83. The average Bonchev–Trinajstić information content (AvgIpc) is 2.62. The molecule has 2 N–H and O–H groups in total. The van der Waals surface area contributed by atoms with Crippen LogP contribution < -0.4 is 10.9 Å². The van der Waals surface area contributed by atoms with Gasteiger partial charge in [0, 0.05) is 16.5 Å². The number of pyridine rings is 1. The molecule has 1 aliphatic heterocycles. The lowest BCUT2D eigenvalue weighted by atomic mass is 10.3. The minimum atomic E-state index is 0.913. The number of hydrogen-bond acceptors (Lipinski definition) is 4. The highest BCUT2D eigenvalue weighted by molar-refractivity contribution is 7.19. The third-order valence-corrected chi connectivity index (χ3v) is 3.12. The van der Waals surface area contributed by atoms with Crippen molar-refractivity contribution < 1.29 is 0 Å². The van der Waals surface area contributed by atoms with E-state index < -0.39 is 0 Å². The number of anilines is 1. The number of aromatic nitrogens is 1. The van der Waals surface area contributed by atoms with E-state index >= 15 is 0 Å². The van der Waals surface area contributed by atoms with Crippen LogP contribution in [0.5, 0.6) is 0 Å². The summed E-state index contributed by atoms with van der Waals surface area (Å²) in [5, 5.41) is 1.22. The van der Waals surface area contributed by atoms with E-state index in [2.05, 4.69) is 21.9 Å². The Bertz CT molecular complexity index is 435. The molecule has 2 aromatic rings. The number of rotatable bonds is 0. The molecule has 0 aliphatic carbocycles. The van der Waals surface area contributed by atoms with Crippen LogP contribution in [0.4, 0.5) is 5.69 Å². The molecule has 1 aliphatic rings. The van der Waals surface area contributed by atoms with Crippen molar-refractivity contribution in [3.8, 4) is 0 Å². The molecule has 0 saturated carbocycles. The maximum Gasteiger partial charge on any atom is 0.125 e. The second-order valence-electron chi connectivity index (χ2n) is 2.73. The Balaban J connectivity index is 2.44. The van der Waals surface area contributed by atoms with Gasteiger partial charge in [0.25, 0.3) is 0 Å². The molecule has 0 bridgehead atoms. The summed E-state index contributed by atoms with van der Waals surface area (Å²) in [5.74, 6) is 0. The minimum absolute atomic E-state index is 0.913. The topological polar surface area (TPSA) is 37.0 Å². The van der Waals surface area contributed by atoms with Gasteiger partial charge >= 0.3 is 0 Å². The van der Waals surface area contributed by atoms with Crippen molar-refractivity contribution in [3.05, 3.63) is 23.2 Å². The largest absolute Gasteiger partial charge is 0.319 e. The van der Waals surface area contributed by atoms with Gasteiger partial charge in [-0.1, -0.05) is 0 Å². The van der Waals surface area contributed by atoms with Crippen molar-refractivity contribution in [1.29, 1.82) is 0 Å². The lowest BCUT2D eigenvalue weighted by Gasteiger charge is -1.94. The molecule has 3 heterocycles. The van der Waals surface area contributed by atoms with Gasteiger partial charge < -0.3 is 5.43 Å². The zero-order valence-electron chi connectivity index (χ0n) is 6.29. The van der Waals surface area contributed by atoms with Gasteiger partial charge in [0.15, 0.2) is 0 Å². The van der Waals surface area contributed by atoms with Gasteiger partial charge in [-0.25, -0.2) is 10.4 Å². The van der Waals surface area contributed by atoms with Crippen LogP contribution in [0.1, 0.15) is 4.88 Å². The SMILES string of the molecule is c1cnc2sc3c(c2c1)NNC3. The summed E-state index contributed by atoms with van der Waals surface area (Å²) in [5.41, 5.74) is 7.45. The molecule has 0 radical (unpaired) electrons. The standard InChI is InChI=1S/C8H7N3S/c1-2-5-7-6(4-10-11-7)12-8(5)9-3-1/h1-3,10-11H,4H2. The first kappa shape index (κ1) is 6.39. The van der Waals surface area contributed by atoms with Gasteiger partial charge in [-0.3, -0.25) is 0 Å². The number of fused-ring (bicyclic) bond motifs is 3. The molecule has 0 amide bonds. The van der Waals surface area contributed by atoms with Crippen LogP contribution in [-0.4, -0.2) is 4.98 Å². The predicted molar refractivity (Wildman–Crippen MR) is 50.1 cm³/mol.